The smallest absolute Gasteiger partial charge is 0.271 e. The summed E-state index contributed by atoms with van der Waals surface area (Å²) in [6.45, 7) is 1.99. The van der Waals surface area contributed by atoms with Gasteiger partial charge in [-0.2, -0.15) is 0 Å². The van der Waals surface area contributed by atoms with Gasteiger partial charge < -0.3 is 19.9 Å². The van der Waals surface area contributed by atoms with Crippen LogP contribution in [0.1, 0.15) is 35.7 Å². The summed E-state index contributed by atoms with van der Waals surface area (Å²) in [6.07, 6.45) is 0. The third-order valence-corrected chi connectivity index (χ3v) is 5.87. The number of anilines is 2. The van der Waals surface area contributed by atoms with Crippen molar-refractivity contribution in [2.24, 2.45) is 0 Å². The number of methoxy groups -OCH3 is 2. The van der Waals surface area contributed by atoms with Gasteiger partial charge in [-0.25, -0.2) is 4.39 Å². The van der Waals surface area contributed by atoms with Crippen LogP contribution >= 0.6 is 12.4 Å². The van der Waals surface area contributed by atoms with E-state index in [1.165, 1.54) is 12.1 Å². The molecule has 2 unspecified atom stereocenters. The lowest BCUT2D eigenvalue weighted by molar-refractivity contribution is 0.391. The van der Waals surface area contributed by atoms with Gasteiger partial charge in [-0.1, -0.05) is 24.3 Å². The molecule has 0 aromatic heterocycles. The second-order valence-electron chi connectivity index (χ2n) is 8.15. The molecule has 0 radical (unpaired) electrons. The molecule has 188 valence electrons. The molecule has 7 nitrogen and oxygen atoms in total. The van der Waals surface area contributed by atoms with Gasteiger partial charge in [-0.15, -0.1) is 12.4 Å². The summed E-state index contributed by atoms with van der Waals surface area (Å²) in [5.74, 6) is 0.397. The van der Waals surface area contributed by atoms with E-state index in [1.54, 1.807) is 50.6 Å². The number of aromatic hydroxyl groups is 1. The zero-order chi connectivity index (χ0) is 25.1. The Morgan fingerprint density at radius 3 is 2.06 bits per heavy atom. The predicted octanol–water partition coefficient (Wildman–Crippen LogP) is 4.75. The Hall–Kier alpha value is -3.88. The molecule has 36 heavy (non-hydrogen) atoms. The first-order valence-corrected chi connectivity index (χ1v) is 10.9. The molecule has 3 N–H and O–H groups in total. The maximum absolute atomic E-state index is 13.7. The molecule has 0 amide bonds. The maximum Gasteiger partial charge on any atom is 0.271 e. The minimum atomic E-state index is -0.906. The highest BCUT2D eigenvalue weighted by Crippen LogP contribution is 2.32. The Balaban J connectivity index is 0.00000361. The first-order chi connectivity index (χ1) is 16.8. The molecule has 0 saturated carbocycles. The highest BCUT2D eigenvalue weighted by Gasteiger charge is 2.22. The van der Waals surface area contributed by atoms with Crippen molar-refractivity contribution in [3.8, 4) is 17.2 Å². The van der Waals surface area contributed by atoms with E-state index in [-0.39, 0.29) is 36.0 Å². The van der Waals surface area contributed by atoms with E-state index < -0.39 is 16.6 Å². The standard InChI is InChI=1S/C27H25FN2O5.ClH/c1-15(18-12-21(34-2)14-22(13-18)35-3)29-23(16-7-9-19(28)10-8-16)17-5-4-6-20(11-17)30-24-25(31)27(33)26(24)32;/h4-15,23,29-31H,1-3H3;1H. The Morgan fingerprint density at radius 2 is 1.47 bits per heavy atom. The van der Waals surface area contributed by atoms with Crippen LogP contribution in [0.2, 0.25) is 0 Å². The molecule has 4 rings (SSSR count). The van der Waals surface area contributed by atoms with Gasteiger partial charge >= 0.3 is 0 Å². The lowest BCUT2D eigenvalue weighted by Gasteiger charge is -2.26. The largest absolute Gasteiger partial charge is 0.502 e. The van der Waals surface area contributed by atoms with Gasteiger partial charge in [0.05, 0.1) is 20.3 Å². The van der Waals surface area contributed by atoms with Crippen LogP contribution in [0.15, 0.2) is 76.3 Å². The summed E-state index contributed by atoms with van der Waals surface area (Å²) in [4.78, 5) is 23.1. The molecular weight excluding hydrogens is 487 g/mol. The van der Waals surface area contributed by atoms with E-state index in [0.717, 1.165) is 16.7 Å². The number of nitrogens with one attached hydrogen (secondary N) is 2. The second-order valence-corrected chi connectivity index (χ2v) is 8.15. The molecule has 0 heterocycles. The van der Waals surface area contributed by atoms with E-state index in [9.17, 15) is 19.1 Å². The van der Waals surface area contributed by atoms with E-state index in [1.807, 2.05) is 25.1 Å². The molecule has 4 aromatic rings. The normalized spacial score (nSPS) is 12.4. The van der Waals surface area contributed by atoms with Gasteiger partial charge in [-0.3, -0.25) is 14.9 Å². The van der Waals surface area contributed by atoms with Crippen molar-refractivity contribution in [3.63, 3.8) is 0 Å². The number of hydrogen-bond donors (Lipinski definition) is 3. The topological polar surface area (TPSA) is 96.9 Å². The first kappa shape index (κ1) is 26.7. The monoisotopic (exact) mass is 512 g/mol. The van der Waals surface area contributed by atoms with Crippen LogP contribution in [-0.4, -0.2) is 19.3 Å². The summed E-state index contributed by atoms with van der Waals surface area (Å²) in [6, 6.07) is 18.5. The molecule has 0 spiro atoms. The van der Waals surface area contributed by atoms with Gasteiger partial charge in [0, 0.05) is 17.8 Å². The quantitative estimate of drug-likeness (QED) is 0.278. The summed E-state index contributed by atoms with van der Waals surface area (Å²) >= 11 is 0. The summed E-state index contributed by atoms with van der Waals surface area (Å²) in [7, 11) is 3.17. The molecular formula is C27H26ClFN2O5. The van der Waals surface area contributed by atoms with Gasteiger partial charge in [0.1, 0.15) is 23.0 Å². The van der Waals surface area contributed by atoms with E-state index >= 15 is 0 Å². The number of ether oxygens (including phenoxy) is 2. The molecule has 0 aliphatic carbocycles. The Morgan fingerprint density at radius 1 is 0.833 bits per heavy atom. The molecule has 0 fully saturated rings. The van der Waals surface area contributed by atoms with Crippen LogP contribution in [0.3, 0.4) is 0 Å². The second kappa shape index (κ2) is 11.2. The number of hydrogen-bond acceptors (Lipinski definition) is 7. The van der Waals surface area contributed by atoms with Crippen LogP contribution < -0.4 is 31.0 Å². The minimum absolute atomic E-state index is 0. The Bertz CT molecular complexity index is 1390. The van der Waals surface area contributed by atoms with Gasteiger partial charge in [-0.05, 0) is 60.0 Å². The average Bonchev–Trinajstić information content (AvgIpc) is 2.89. The van der Waals surface area contributed by atoms with Gasteiger partial charge in [0.25, 0.3) is 10.9 Å². The van der Waals surface area contributed by atoms with Crippen LogP contribution in [0.5, 0.6) is 17.2 Å². The number of halogens is 2. The van der Waals surface area contributed by atoms with Crippen molar-refractivity contribution in [1.82, 2.24) is 5.32 Å². The molecule has 0 aliphatic rings. The lowest BCUT2D eigenvalue weighted by Crippen LogP contribution is -2.32. The number of rotatable bonds is 9. The van der Waals surface area contributed by atoms with Crippen LogP contribution in [0.25, 0.3) is 0 Å². The Labute approximate surface area is 213 Å². The van der Waals surface area contributed by atoms with E-state index in [0.29, 0.717) is 17.2 Å². The van der Waals surface area contributed by atoms with Crippen LogP contribution in [0.4, 0.5) is 15.8 Å². The molecule has 9 heteroatoms. The van der Waals surface area contributed by atoms with Crippen molar-refractivity contribution in [2.45, 2.75) is 19.0 Å². The molecule has 4 aromatic carbocycles. The first-order valence-electron chi connectivity index (χ1n) is 10.9. The van der Waals surface area contributed by atoms with Crippen molar-refractivity contribution >= 4 is 23.8 Å². The zero-order valence-corrected chi connectivity index (χ0v) is 20.7. The molecule has 2 atom stereocenters. The molecule has 0 saturated heterocycles. The minimum Gasteiger partial charge on any atom is -0.502 e. The van der Waals surface area contributed by atoms with Crippen molar-refractivity contribution < 1.29 is 19.0 Å². The predicted molar refractivity (Wildman–Crippen MR) is 139 cm³/mol. The fourth-order valence-corrected chi connectivity index (χ4v) is 3.90. The third-order valence-electron chi connectivity index (χ3n) is 5.87. The van der Waals surface area contributed by atoms with Crippen molar-refractivity contribution in [3.05, 3.63) is 110 Å². The van der Waals surface area contributed by atoms with Crippen molar-refractivity contribution in [1.29, 1.82) is 0 Å². The highest BCUT2D eigenvalue weighted by atomic mass is 35.5. The molecule has 0 aliphatic heterocycles. The zero-order valence-electron chi connectivity index (χ0n) is 19.9. The van der Waals surface area contributed by atoms with Crippen molar-refractivity contribution in [2.75, 3.05) is 19.5 Å². The van der Waals surface area contributed by atoms with E-state index in [2.05, 4.69) is 10.6 Å². The third kappa shape index (κ3) is 5.50. The summed E-state index contributed by atoms with van der Waals surface area (Å²) < 4.78 is 24.4. The number of benzene rings is 3. The Kier molecular flexibility index (Phi) is 8.34. The highest BCUT2D eigenvalue weighted by molar-refractivity contribution is 5.85. The fraction of sp³-hybridized carbons (Fsp3) is 0.185. The van der Waals surface area contributed by atoms with Crippen LogP contribution in [0, 0.1) is 5.82 Å². The van der Waals surface area contributed by atoms with Gasteiger partial charge in [0.15, 0.2) is 5.75 Å². The van der Waals surface area contributed by atoms with Gasteiger partial charge in [0.2, 0.25) is 0 Å². The average molecular weight is 513 g/mol. The SMILES string of the molecule is COc1cc(OC)cc(C(C)NC(c2ccc(F)cc2)c2cccc(Nc3c(O)c(=O)c3=O)c2)c1.Cl. The van der Waals surface area contributed by atoms with Crippen LogP contribution in [-0.2, 0) is 0 Å². The summed E-state index contributed by atoms with van der Waals surface area (Å²) in [5.41, 5.74) is 1.29. The maximum atomic E-state index is 13.7. The van der Waals surface area contributed by atoms with E-state index in [4.69, 9.17) is 9.47 Å². The summed E-state index contributed by atoms with van der Waals surface area (Å²) in [5, 5.41) is 16.1. The lowest BCUT2D eigenvalue weighted by atomic mass is 9.96. The fourth-order valence-electron chi connectivity index (χ4n) is 3.90. The molecule has 0 bridgehead atoms.